The third-order valence-electron chi connectivity index (χ3n) is 2.27. The molecule has 0 fully saturated rings. The molecule has 0 nitrogen and oxygen atoms in total. The minimum absolute atomic E-state index is 0.634. The van der Waals surface area contributed by atoms with Crippen molar-refractivity contribution in [2.45, 2.75) is 26.7 Å². The van der Waals surface area contributed by atoms with Crippen LogP contribution in [-0.4, -0.2) is 0 Å². The molecule has 13 heavy (non-hydrogen) atoms. The Balaban J connectivity index is 2.73. The summed E-state index contributed by atoms with van der Waals surface area (Å²) in [4.78, 5) is 0. The second-order valence-corrected chi connectivity index (χ2v) is 4.28. The van der Waals surface area contributed by atoms with Crippen LogP contribution in [0.25, 0.3) is 0 Å². The Morgan fingerprint density at radius 3 is 2.46 bits per heavy atom. The molecule has 0 bridgehead atoms. The lowest BCUT2D eigenvalue weighted by molar-refractivity contribution is 0.560. The maximum Gasteiger partial charge on any atom is 0.0595 e. The maximum absolute atomic E-state index is 5.91. The minimum atomic E-state index is 0.634. The summed E-state index contributed by atoms with van der Waals surface area (Å²) in [5.74, 6) is 0.706. The van der Waals surface area contributed by atoms with E-state index in [2.05, 4.69) is 13.8 Å². The first-order valence-electron chi connectivity index (χ1n) is 4.57. The van der Waals surface area contributed by atoms with Gasteiger partial charge in [0.1, 0.15) is 0 Å². The molecule has 72 valence electrons. The van der Waals surface area contributed by atoms with Gasteiger partial charge in [0.2, 0.25) is 0 Å². The summed E-state index contributed by atoms with van der Waals surface area (Å²) in [5, 5.41) is 1.29. The van der Waals surface area contributed by atoms with Gasteiger partial charge in [-0.1, -0.05) is 49.5 Å². The molecule has 2 heteroatoms. The standard InChI is InChI=1S/C11H14Cl2/c1-3-8(2)6-9-4-5-10(12)11(13)7-9/h4-5,7-8H,3,6H2,1-2H3. The van der Waals surface area contributed by atoms with Crippen LogP contribution in [0.2, 0.25) is 10.0 Å². The van der Waals surface area contributed by atoms with Crippen LogP contribution < -0.4 is 0 Å². The van der Waals surface area contributed by atoms with E-state index in [0.29, 0.717) is 16.0 Å². The van der Waals surface area contributed by atoms with E-state index in [1.807, 2.05) is 18.2 Å². The number of benzene rings is 1. The molecule has 1 rings (SSSR count). The minimum Gasteiger partial charge on any atom is -0.0827 e. The zero-order chi connectivity index (χ0) is 9.84. The average Bonchev–Trinajstić information content (AvgIpc) is 2.11. The Labute approximate surface area is 89.9 Å². The van der Waals surface area contributed by atoms with Crippen molar-refractivity contribution in [1.82, 2.24) is 0 Å². The predicted octanol–water partition coefficient (Wildman–Crippen LogP) is 4.58. The SMILES string of the molecule is CCC(C)Cc1ccc(Cl)c(Cl)c1. The Morgan fingerprint density at radius 2 is 1.92 bits per heavy atom. The highest BCUT2D eigenvalue weighted by molar-refractivity contribution is 6.42. The molecule has 0 aliphatic heterocycles. The molecule has 0 radical (unpaired) electrons. The first-order chi connectivity index (χ1) is 6.13. The van der Waals surface area contributed by atoms with Crippen molar-refractivity contribution >= 4 is 23.2 Å². The van der Waals surface area contributed by atoms with Crippen molar-refractivity contribution in [3.8, 4) is 0 Å². The molecule has 1 atom stereocenters. The van der Waals surface area contributed by atoms with Gasteiger partial charge in [0.05, 0.1) is 10.0 Å². The van der Waals surface area contributed by atoms with E-state index in [-0.39, 0.29) is 0 Å². The van der Waals surface area contributed by atoms with E-state index < -0.39 is 0 Å². The van der Waals surface area contributed by atoms with Gasteiger partial charge in [0.25, 0.3) is 0 Å². The van der Waals surface area contributed by atoms with E-state index in [1.165, 1.54) is 12.0 Å². The summed E-state index contributed by atoms with van der Waals surface area (Å²) in [5.41, 5.74) is 1.27. The molecule has 0 aliphatic carbocycles. The molecule has 1 aromatic carbocycles. The molecular formula is C11H14Cl2. The fourth-order valence-electron chi connectivity index (χ4n) is 1.21. The van der Waals surface area contributed by atoms with Crippen LogP contribution in [0.5, 0.6) is 0 Å². The van der Waals surface area contributed by atoms with Crippen LogP contribution in [0.15, 0.2) is 18.2 Å². The van der Waals surface area contributed by atoms with Gasteiger partial charge in [0.15, 0.2) is 0 Å². The Bertz CT molecular complexity index is 281. The highest BCUT2D eigenvalue weighted by Gasteiger charge is 2.03. The summed E-state index contributed by atoms with van der Waals surface area (Å²) < 4.78 is 0. The number of hydrogen-bond donors (Lipinski definition) is 0. The highest BCUT2D eigenvalue weighted by atomic mass is 35.5. The average molecular weight is 217 g/mol. The molecule has 0 saturated heterocycles. The second kappa shape index (κ2) is 4.88. The van der Waals surface area contributed by atoms with Gasteiger partial charge in [0, 0.05) is 0 Å². The lowest BCUT2D eigenvalue weighted by Crippen LogP contribution is -1.97. The molecule has 1 aromatic rings. The predicted molar refractivity (Wildman–Crippen MR) is 59.6 cm³/mol. The van der Waals surface area contributed by atoms with E-state index in [4.69, 9.17) is 23.2 Å². The topological polar surface area (TPSA) is 0 Å². The lowest BCUT2D eigenvalue weighted by atomic mass is 9.99. The van der Waals surface area contributed by atoms with Gasteiger partial charge in [-0.25, -0.2) is 0 Å². The molecule has 0 aliphatic rings. The monoisotopic (exact) mass is 216 g/mol. The third-order valence-corrected chi connectivity index (χ3v) is 3.00. The molecule has 0 saturated carbocycles. The number of rotatable bonds is 3. The zero-order valence-electron chi connectivity index (χ0n) is 7.98. The fourth-order valence-corrected chi connectivity index (χ4v) is 1.53. The fraction of sp³-hybridized carbons (Fsp3) is 0.455. The van der Waals surface area contributed by atoms with E-state index in [0.717, 1.165) is 6.42 Å². The van der Waals surface area contributed by atoms with Gasteiger partial charge in [-0.15, -0.1) is 0 Å². The summed E-state index contributed by atoms with van der Waals surface area (Å²) in [6, 6.07) is 5.86. The zero-order valence-corrected chi connectivity index (χ0v) is 9.49. The van der Waals surface area contributed by atoms with Gasteiger partial charge in [-0.3, -0.25) is 0 Å². The van der Waals surface area contributed by atoms with Gasteiger partial charge < -0.3 is 0 Å². The highest BCUT2D eigenvalue weighted by Crippen LogP contribution is 2.24. The van der Waals surface area contributed by atoms with Crippen molar-refractivity contribution in [2.24, 2.45) is 5.92 Å². The van der Waals surface area contributed by atoms with Gasteiger partial charge >= 0.3 is 0 Å². The van der Waals surface area contributed by atoms with Crippen molar-refractivity contribution in [2.75, 3.05) is 0 Å². The molecular weight excluding hydrogens is 203 g/mol. The quantitative estimate of drug-likeness (QED) is 0.694. The number of halogens is 2. The lowest BCUT2D eigenvalue weighted by Gasteiger charge is -2.08. The Kier molecular flexibility index (Phi) is 4.08. The van der Waals surface area contributed by atoms with Crippen LogP contribution in [0.1, 0.15) is 25.8 Å². The first kappa shape index (κ1) is 10.9. The first-order valence-corrected chi connectivity index (χ1v) is 5.33. The van der Waals surface area contributed by atoms with Gasteiger partial charge in [-0.2, -0.15) is 0 Å². The maximum atomic E-state index is 5.91. The molecule has 0 aromatic heterocycles. The van der Waals surface area contributed by atoms with Crippen LogP contribution in [0, 0.1) is 5.92 Å². The van der Waals surface area contributed by atoms with Crippen molar-refractivity contribution in [3.05, 3.63) is 33.8 Å². The van der Waals surface area contributed by atoms with Crippen molar-refractivity contribution in [3.63, 3.8) is 0 Å². The third kappa shape index (κ3) is 3.21. The summed E-state index contributed by atoms with van der Waals surface area (Å²) in [6.45, 7) is 4.44. The van der Waals surface area contributed by atoms with Crippen molar-refractivity contribution in [1.29, 1.82) is 0 Å². The van der Waals surface area contributed by atoms with Crippen molar-refractivity contribution < 1.29 is 0 Å². The Morgan fingerprint density at radius 1 is 1.23 bits per heavy atom. The Hall–Kier alpha value is -0.200. The molecule has 0 spiro atoms. The number of hydrogen-bond acceptors (Lipinski definition) is 0. The van der Waals surface area contributed by atoms with Crippen LogP contribution in [0.3, 0.4) is 0 Å². The van der Waals surface area contributed by atoms with Crippen LogP contribution in [-0.2, 0) is 6.42 Å². The summed E-state index contributed by atoms with van der Waals surface area (Å²) in [7, 11) is 0. The van der Waals surface area contributed by atoms with E-state index in [9.17, 15) is 0 Å². The van der Waals surface area contributed by atoms with E-state index >= 15 is 0 Å². The van der Waals surface area contributed by atoms with Gasteiger partial charge in [-0.05, 0) is 30.0 Å². The van der Waals surface area contributed by atoms with E-state index in [1.54, 1.807) is 0 Å². The van der Waals surface area contributed by atoms with Crippen LogP contribution >= 0.6 is 23.2 Å². The molecule has 1 unspecified atom stereocenters. The molecule has 0 heterocycles. The summed E-state index contributed by atoms with van der Waals surface area (Å²) in [6.07, 6.45) is 2.27. The largest absolute Gasteiger partial charge is 0.0827 e. The smallest absolute Gasteiger partial charge is 0.0595 e. The normalized spacial score (nSPS) is 12.9. The summed E-state index contributed by atoms with van der Waals surface area (Å²) >= 11 is 11.7. The second-order valence-electron chi connectivity index (χ2n) is 3.47. The molecule has 0 N–H and O–H groups in total. The molecule has 0 amide bonds. The van der Waals surface area contributed by atoms with Crippen LogP contribution in [0.4, 0.5) is 0 Å².